The molecular formula is C14H9N5. The number of aromatic nitrogens is 3. The van der Waals surface area contributed by atoms with Crippen molar-refractivity contribution < 1.29 is 0 Å². The van der Waals surface area contributed by atoms with Gasteiger partial charge in [-0.25, -0.2) is 15.0 Å². The number of hydrogen-bond donors (Lipinski definition) is 1. The smallest absolute Gasteiger partial charge is 0.164 e. The number of pyridine rings is 1. The van der Waals surface area contributed by atoms with E-state index in [1.54, 1.807) is 18.3 Å². The molecule has 0 radical (unpaired) electrons. The van der Waals surface area contributed by atoms with Crippen LogP contribution in [0.5, 0.6) is 0 Å². The molecule has 3 rings (SSSR count). The second-order valence-corrected chi connectivity index (χ2v) is 3.91. The van der Waals surface area contributed by atoms with Crippen molar-refractivity contribution in [3.05, 3.63) is 54.5 Å². The third kappa shape index (κ3) is 2.19. The Labute approximate surface area is 109 Å². The number of rotatable bonds is 2. The maximum absolute atomic E-state index is 8.89. The standard InChI is InChI=1S/C14H9N5/c15-8-10-3-1-4-11(7-10)19-14-12-5-2-6-16-13(12)17-9-18-14/h1-7,9H,(H,16,17,18,19). The largest absolute Gasteiger partial charge is 0.340 e. The zero-order valence-electron chi connectivity index (χ0n) is 9.91. The summed E-state index contributed by atoms with van der Waals surface area (Å²) < 4.78 is 0. The first-order valence-electron chi connectivity index (χ1n) is 5.70. The van der Waals surface area contributed by atoms with Crippen LogP contribution in [0, 0.1) is 11.3 Å². The van der Waals surface area contributed by atoms with Gasteiger partial charge in [0.2, 0.25) is 0 Å². The van der Waals surface area contributed by atoms with Crippen LogP contribution in [0.3, 0.4) is 0 Å². The molecule has 0 fully saturated rings. The first-order chi connectivity index (χ1) is 9.36. The van der Waals surface area contributed by atoms with Crippen molar-refractivity contribution in [3.63, 3.8) is 0 Å². The van der Waals surface area contributed by atoms with E-state index in [0.717, 1.165) is 11.1 Å². The van der Waals surface area contributed by atoms with Crippen LogP contribution in [-0.4, -0.2) is 15.0 Å². The topological polar surface area (TPSA) is 74.5 Å². The highest BCUT2D eigenvalue weighted by Gasteiger charge is 2.04. The van der Waals surface area contributed by atoms with Crippen LogP contribution in [0.1, 0.15) is 5.56 Å². The summed E-state index contributed by atoms with van der Waals surface area (Å²) in [5.74, 6) is 0.674. The molecule has 0 unspecified atom stereocenters. The maximum atomic E-state index is 8.89. The van der Waals surface area contributed by atoms with Gasteiger partial charge in [0.25, 0.3) is 0 Å². The lowest BCUT2D eigenvalue weighted by Crippen LogP contribution is -1.97. The quantitative estimate of drug-likeness (QED) is 0.753. The van der Waals surface area contributed by atoms with Gasteiger partial charge in [0.05, 0.1) is 17.0 Å². The number of nitriles is 1. The molecule has 3 aromatic rings. The fraction of sp³-hybridized carbons (Fsp3) is 0. The molecule has 0 aliphatic heterocycles. The van der Waals surface area contributed by atoms with Gasteiger partial charge >= 0.3 is 0 Å². The van der Waals surface area contributed by atoms with E-state index >= 15 is 0 Å². The molecule has 0 bridgehead atoms. The zero-order valence-corrected chi connectivity index (χ0v) is 9.91. The van der Waals surface area contributed by atoms with E-state index in [1.165, 1.54) is 6.33 Å². The lowest BCUT2D eigenvalue weighted by Gasteiger charge is -2.07. The molecule has 1 aromatic carbocycles. The van der Waals surface area contributed by atoms with Crippen LogP contribution in [0.25, 0.3) is 11.0 Å². The predicted molar refractivity (Wildman–Crippen MR) is 71.8 cm³/mol. The lowest BCUT2D eigenvalue weighted by atomic mass is 10.2. The summed E-state index contributed by atoms with van der Waals surface area (Å²) in [6.07, 6.45) is 3.15. The predicted octanol–water partition coefficient (Wildman–Crippen LogP) is 2.64. The van der Waals surface area contributed by atoms with Crippen molar-refractivity contribution in [1.82, 2.24) is 15.0 Å². The average Bonchev–Trinajstić information content (AvgIpc) is 2.48. The van der Waals surface area contributed by atoms with E-state index in [4.69, 9.17) is 5.26 Å². The maximum Gasteiger partial charge on any atom is 0.164 e. The van der Waals surface area contributed by atoms with Crippen LogP contribution < -0.4 is 5.32 Å². The van der Waals surface area contributed by atoms with Crippen LogP contribution in [0.2, 0.25) is 0 Å². The van der Waals surface area contributed by atoms with Crippen molar-refractivity contribution in [1.29, 1.82) is 5.26 Å². The van der Waals surface area contributed by atoms with E-state index in [2.05, 4.69) is 26.3 Å². The van der Waals surface area contributed by atoms with Gasteiger partial charge in [0.1, 0.15) is 12.1 Å². The second kappa shape index (κ2) is 4.70. The number of nitrogens with one attached hydrogen (secondary N) is 1. The molecule has 0 saturated carbocycles. The minimum Gasteiger partial charge on any atom is -0.340 e. The Morgan fingerprint density at radius 1 is 1.05 bits per heavy atom. The lowest BCUT2D eigenvalue weighted by molar-refractivity contribution is 1.18. The number of fused-ring (bicyclic) bond motifs is 1. The summed E-state index contributed by atoms with van der Waals surface area (Å²) in [6.45, 7) is 0. The number of benzene rings is 1. The molecule has 1 N–H and O–H groups in total. The zero-order chi connectivity index (χ0) is 13.1. The average molecular weight is 247 g/mol. The van der Waals surface area contributed by atoms with Gasteiger partial charge in [-0.3, -0.25) is 0 Å². The van der Waals surface area contributed by atoms with E-state index in [-0.39, 0.29) is 0 Å². The Hall–Kier alpha value is -3.00. The Morgan fingerprint density at radius 3 is 2.89 bits per heavy atom. The summed E-state index contributed by atoms with van der Waals surface area (Å²) in [6, 6.07) is 13.1. The molecule has 0 saturated heterocycles. The van der Waals surface area contributed by atoms with Gasteiger partial charge in [-0.05, 0) is 30.3 Å². The van der Waals surface area contributed by atoms with Crippen LogP contribution in [0.15, 0.2) is 48.9 Å². The molecule has 0 amide bonds. The van der Waals surface area contributed by atoms with Gasteiger partial charge < -0.3 is 5.32 Å². The molecule has 0 aliphatic carbocycles. The number of hydrogen-bond acceptors (Lipinski definition) is 5. The van der Waals surface area contributed by atoms with Crippen LogP contribution >= 0.6 is 0 Å². The molecule has 5 nitrogen and oxygen atoms in total. The summed E-state index contributed by atoms with van der Waals surface area (Å²) in [5, 5.41) is 12.9. The number of anilines is 2. The van der Waals surface area contributed by atoms with Crippen molar-refractivity contribution in [2.24, 2.45) is 0 Å². The Morgan fingerprint density at radius 2 is 2.00 bits per heavy atom. The third-order valence-electron chi connectivity index (χ3n) is 2.66. The van der Waals surface area contributed by atoms with E-state index in [0.29, 0.717) is 17.0 Å². The van der Waals surface area contributed by atoms with E-state index in [1.807, 2.05) is 24.3 Å². The second-order valence-electron chi connectivity index (χ2n) is 3.91. The van der Waals surface area contributed by atoms with Crippen molar-refractivity contribution in [2.45, 2.75) is 0 Å². The van der Waals surface area contributed by atoms with E-state index in [9.17, 15) is 0 Å². The Bertz CT molecular complexity index is 771. The third-order valence-corrected chi connectivity index (χ3v) is 2.66. The van der Waals surface area contributed by atoms with Gasteiger partial charge in [-0.1, -0.05) is 6.07 Å². The highest BCUT2D eigenvalue weighted by molar-refractivity contribution is 5.87. The van der Waals surface area contributed by atoms with Gasteiger partial charge in [0.15, 0.2) is 5.65 Å². The Kier molecular flexibility index (Phi) is 2.75. The molecule has 19 heavy (non-hydrogen) atoms. The van der Waals surface area contributed by atoms with Crippen molar-refractivity contribution in [3.8, 4) is 6.07 Å². The summed E-state index contributed by atoms with van der Waals surface area (Å²) in [5.41, 5.74) is 2.04. The minimum absolute atomic E-state index is 0.599. The highest BCUT2D eigenvalue weighted by Crippen LogP contribution is 2.21. The fourth-order valence-electron chi connectivity index (χ4n) is 1.80. The molecule has 0 spiro atoms. The summed E-state index contributed by atoms with van der Waals surface area (Å²) in [7, 11) is 0. The molecule has 2 aromatic heterocycles. The highest BCUT2D eigenvalue weighted by atomic mass is 15.0. The molecular weight excluding hydrogens is 238 g/mol. The Balaban J connectivity index is 2.04. The van der Waals surface area contributed by atoms with Gasteiger partial charge in [0, 0.05) is 11.9 Å². The summed E-state index contributed by atoms with van der Waals surface area (Å²) in [4.78, 5) is 12.5. The SMILES string of the molecule is N#Cc1cccc(Nc2ncnc3ncccc23)c1. The number of nitrogens with zero attached hydrogens (tertiary/aromatic N) is 4. The molecule has 0 atom stereocenters. The van der Waals surface area contributed by atoms with Gasteiger partial charge in [-0.15, -0.1) is 0 Å². The van der Waals surface area contributed by atoms with E-state index < -0.39 is 0 Å². The monoisotopic (exact) mass is 247 g/mol. The van der Waals surface area contributed by atoms with Crippen LogP contribution in [-0.2, 0) is 0 Å². The molecule has 2 heterocycles. The fourth-order valence-corrected chi connectivity index (χ4v) is 1.80. The van der Waals surface area contributed by atoms with Crippen molar-refractivity contribution in [2.75, 3.05) is 5.32 Å². The van der Waals surface area contributed by atoms with Crippen LogP contribution in [0.4, 0.5) is 11.5 Å². The molecule has 90 valence electrons. The summed E-state index contributed by atoms with van der Waals surface area (Å²) >= 11 is 0. The first kappa shape index (κ1) is 11.1. The normalized spacial score (nSPS) is 10.1. The first-order valence-corrected chi connectivity index (χ1v) is 5.70. The minimum atomic E-state index is 0.599. The molecule has 0 aliphatic rings. The van der Waals surface area contributed by atoms with Gasteiger partial charge in [-0.2, -0.15) is 5.26 Å². The molecule has 5 heteroatoms. The van der Waals surface area contributed by atoms with Crippen molar-refractivity contribution >= 4 is 22.5 Å².